The Bertz CT molecular complexity index is 428. The minimum atomic E-state index is -0.977. The van der Waals surface area contributed by atoms with Crippen molar-refractivity contribution in [1.29, 1.82) is 5.26 Å². The van der Waals surface area contributed by atoms with E-state index in [1.54, 1.807) is 24.3 Å². The molecule has 1 unspecified atom stereocenters. The molecule has 1 nitrogen and oxygen atoms in total. The molecule has 1 atom stereocenters. The second-order valence-corrected chi connectivity index (χ2v) is 4.88. The zero-order valence-corrected chi connectivity index (χ0v) is 11.7. The van der Waals surface area contributed by atoms with E-state index in [1.165, 1.54) is 19.3 Å². The van der Waals surface area contributed by atoms with E-state index < -0.39 is 6.17 Å². The fourth-order valence-electron chi connectivity index (χ4n) is 2.04. The molecule has 0 saturated carbocycles. The van der Waals surface area contributed by atoms with E-state index in [9.17, 15) is 4.39 Å². The number of unbranched alkanes of at least 4 members (excludes halogenated alkanes) is 4. The molecule has 1 aromatic carbocycles. The first-order chi connectivity index (χ1) is 9.19. The third-order valence-corrected chi connectivity index (χ3v) is 3.32. The molecule has 0 saturated heterocycles. The van der Waals surface area contributed by atoms with Crippen LogP contribution in [0.2, 0.25) is 0 Å². The molecule has 19 heavy (non-hydrogen) atoms. The molecule has 0 bridgehead atoms. The molecular weight excluding hydrogens is 237 g/mol. The average Bonchev–Trinajstić information content (AvgIpc) is 2.46. The Balaban J connectivity index is 2.41. The van der Waals surface area contributed by atoms with Gasteiger partial charge in [0.25, 0.3) is 0 Å². The van der Waals surface area contributed by atoms with Crippen LogP contribution in [0.4, 0.5) is 4.39 Å². The van der Waals surface area contributed by atoms with E-state index >= 15 is 0 Å². The number of nitriles is 1. The van der Waals surface area contributed by atoms with E-state index in [1.807, 2.05) is 0 Å². The van der Waals surface area contributed by atoms with Crippen LogP contribution in [0.15, 0.2) is 30.8 Å². The lowest BCUT2D eigenvalue weighted by molar-refractivity contribution is 0.376. The van der Waals surface area contributed by atoms with Gasteiger partial charge in [-0.3, -0.25) is 0 Å². The Labute approximate surface area is 115 Å². The van der Waals surface area contributed by atoms with Gasteiger partial charge >= 0.3 is 0 Å². The molecular formula is C17H22FN. The van der Waals surface area contributed by atoms with Gasteiger partial charge in [0.05, 0.1) is 11.6 Å². The van der Waals surface area contributed by atoms with E-state index in [0.29, 0.717) is 17.6 Å². The highest BCUT2D eigenvalue weighted by Gasteiger charge is 2.12. The minimum Gasteiger partial charge on any atom is -0.242 e. The standard InChI is InChI=1S/C17H22FN/c1-3-4-5-6-7-8-17(18)14(2)16-11-9-15(13-19)10-12-16/h9-12,17H,2-8H2,1H3. The number of hydrogen-bond acceptors (Lipinski definition) is 1. The van der Waals surface area contributed by atoms with E-state index in [-0.39, 0.29) is 0 Å². The average molecular weight is 259 g/mol. The Kier molecular flexibility index (Phi) is 6.89. The second kappa shape index (κ2) is 8.48. The maximum absolute atomic E-state index is 14.0. The number of hydrogen-bond donors (Lipinski definition) is 0. The molecule has 1 rings (SSSR count). The third-order valence-electron chi connectivity index (χ3n) is 3.32. The van der Waals surface area contributed by atoms with Gasteiger partial charge in [-0.15, -0.1) is 0 Å². The summed E-state index contributed by atoms with van der Waals surface area (Å²) in [5, 5.41) is 8.72. The largest absolute Gasteiger partial charge is 0.242 e. The van der Waals surface area contributed by atoms with Gasteiger partial charge in [-0.05, 0) is 29.7 Å². The van der Waals surface area contributed by atoms with Crippen molar-refractivity contribution < 1.29 is 4.39 Å². The summed E-state index contributed by atoms with van der Waals surface area (Å²) in [6, 6.07) is 9.00. The van der Waals surface area contributed by atoms with Gasteiger partial charge < -0.3 is 0 Å². The minimum absolute atomic E-state index is 0.528. The summed E-state index contributed by atoms with van der Waals surface area (Å²) in [6.07, 6.45) is 5.19. The molecule has 0 heterocycles. The van der Waals surface area contributed by atoms with E-state index in [4.69, 9.17) is 5.26 Å². The van der Waals surface area contributed by atoms with Crippen molar-refractivity contribution >= 4 is 5.57 Å². The molecule has 0 aliphatic rings. The van der Waals surface area contributed by atoms with Crippen LogP contribution in [0.1, 0.15) is 56.6 Å². The molecule has 0 radical (unpaired) electrons. The molecule has 2 heteroatoms. The quantitative estimate of drug-likeness (QED) is 0.583. The number of nitrogens with zero attached hydrogens (tertiary/aromatic N) is 1. The van der Waals surface area contributed by atoms with Crippen LogP contribution in [-0.4, -0.2) is 6.17 Å². The number of rotatable bonds is 8. The summed E-state index contributed by atoms with van der Waals surface area (Å²) < 4.78 is 14.0. The monoisotopic (exact) mass is 259 g/mol. The summed E-state index contributed by atoms with van der Waals surface area (Å²) >= 11 is 0. The first-order valence-corrected chi connectivity index (χ1v) is 7.02. The Morgan fingerprint density at radius 2 is 1.84 bits per heavy atom. The first-order valence-electron chi connectivity index (χ1n) is 7.02. The zero-order valence-electron chi connectivity index (χ0n) is 11.7. The van der Waals surface area contributed by atoms with Crippen molar-refractivity contribution in [3.63, 3.8) is 0 Å². The van der Waals surface area contributed by atoms with Crippen molar-refractivity contribution in [3.8, 4) is 6.07 Å². The lowest BCUT2D eigenvalue weighted by Crippen LogP contribution is -2.02. The predicted molar refractivity (Wildman–Crippen MR) is 78.5 cm³/mol. The van der Waals surface area contributed by atoms with Crippen molar-refractivity contribution in [1.82, 2.24) is 0 Å². The second-order valence-electron chi connectivity index (χ2n) is 4.88. The molecule has 0 aromatic heterocycles. The maximum Gasteiger partial charge on any atom is 0.125 e. The highest BCUT2D eigenvalue weighted by atomic mass is 19.1. The molecule has 0 fully saturated rings. The normalized spacial score (nSPS) is 11.8. The topological polar surface area (TPSA) is 23.8 Å². The lowest BCUT2D eigenvalue weighted by atomic mass is 9.98. The molecule has 0 N–H and O–H groups in total. The first kappa shape index (κ1) is 15.4. The third kappa shape index (κ3) is 5.26. The summed E-state index contributed by atoms with van der Waals surface area (Å²) in [5.74, 6) is 0. The Hall–Kier alpha value is -1.62. The smallest absolute Gasteiger partial charge is 0.125 e. The number of halogens is 1. The summed E-state index contributed by atoms with van der Waals surface area (Å²) in [4.78, 5) is 0. The summed E-state index contributed by atoms with van der Waals surface area (Å²) in [7, 11) is 0. The van der Waals surface area contributed by atoms with Gasteiger partial charge in [0.1, 0.15) is 6.17 Å². The SMILES string of the molecule is C=C(c1ccc(C#N)cc1)C(F)CCCCCCC. The summed E-state index contributed by atoms with van der Waals surface area (Å²) in [6.45, 7) is 6.01. The molecule has 0 amide bonds. The van der Waals surface area contributed by atoms with Crippen LogP contribution in [0.25, 0.3) is 5.57 Å². The van der Waals surface area contributed by atoms with Gasteiger partial charge in [-0.1, -0.05) is 57.7 Å². The lowest BCUT2D eigenvalue weighted by Gasteiger charge is -2.11. The molecule has 102 valence electrons. The zero-order chi connectivity index (χ0) is 14.1. The van der Waals surface area contributed by atoms with Gasteiger partial charge in [0.2, 0.25) is 0 Å². The maximum atomic E-state index is 14.0. The van der Waals surface area contributed by atoms with E-state index in [2.05, 4.69) is 19.6 Å². The highest BCUT2D eigenvalue weighted by molar-refractivity contribution is 5.67. The predicted octanol–water partition coefficient (Wildman–Crippen LogP) is 5.27. The number of alkyl halides is 1. The Morgan fingerprint density at radius 1 is 1.21 bits per heavy atom. The molecule has 0 aliphatic carbocycles. The van der Waals surface area contributed by atoms with Crippen molar-refractivity contribution in [2.75, 3.05) is 0 Å². The van der Waals surface area contributed by atoms with Crippen molar-refractivity contribution in [2.24, 2.45) is 0 Å². The number of allylic oxidation sites excluding steroid dienone is 1. The van der Waals surface area contributed by atoms with Crippen LogP contribution in [0.5, 0.6) is 0 Å². The van der Waals surface area contributed by atoms with Gasteiger partial charge in [0, 0.05) is 0 Å². The fourth-order valence-corrected chi connectivity index (χ4v) is 2.04. The van der Waals surface area contributed by atoms with Crippen molar-refractivity contribution in [3.05, 3.63) is 42.0 Å². The van der Waals surface area contributed by atoms with Crippen LogP contribution >= 0.6 is 0 Å². The van der Waals surface area contributed by atoms with Gasteiger partial charge in [-0.2, -0.15) is 5.26 Å². The Morgan fingerprint density at radius 3 is 2.42 bits per heavy atom. The summed E-state index contributed by atoms with van der Waals surface area (Å²) in [5.41, 5.74) is 1.91. The molecule has 0 spiro atoms. The van der Waals surface area contributed by atoms with Crippen LogP contribution < -0.4 is 0 Å². The number of benzene rings is 1. The van der Waals surface area contributed by atoms with Gasteiger partial charge in [-0.25, -0.2) is 4.39 Å². The molecule has 0 aliphatic heterocycles. The van der Waals surface area contributed by atoms with E-state index in [0.717, 1.165) is 18.4 Å². The van der Waals surface area contributed by atoms with Crippen molar-refractivity contribution in [2.45, 2.75) is 51.6 Å². The fraction of sp³-hybridized carbons (Fsp3) is 0.471. The molecule has 1 aromatic rings. The highest BCUT2D eigenvalue weighted by Crippen LogP contribution is 2.23. The van der Waals surface area contributed by atoms with Crippen LogP contribution in [0.3, 0.4) is 0 Å². The van der Waals surface area contributed by atoms with Crippen LogP contribution in [-0.2, 0) is 0 Å². The van der Waals surface area contributed by atoms with Crippen LogP contribution in [0, 0.1) is 11.3 Å². The van der Waals surface area contributed by atoms with Gasteiger partial charge in [0.15, 0.2) is 0 Å².